The van der Waals surface area contributed by atoms with Gasteiger partial charge in [0.25, 0.3) is 11.8 Å². The lowest BCUT2D eigenvalue weighted by atomic mass is 9.95. The number of nitrogens with zero attached hydrogens (tertiary/aromatic N) is 3. The SMILES string of the molecule is Cc1ccc(C(=O)Nc2ccc3[nH]c(C(=O)N4C[C@@H](CCl)c5c4cc(OC(=O)N4CCN(C)CC4)c4ccccc54)cc3c2)cc1. The van der Waals surface area contributed by atoms with Crippen molar-refractivity contribution in [2.75, 3.05) is 55.9 Å². The summed E-state index contributed by atoms with van der Waals surface area (Å²) in [4.78, 5) is 49.0. The number of carbonyl (C=O) groups excluding carboxylic acids is 3. The number of hydrogen-bond donors (Lipinski definition) is 2. The molecular weight excluding hydrogens is 602 g/mol. The number of alkyl halides is 1. The van der Waals surface area contributed by atoms with Crippen LogP contribution < -0.4 is 15.0 Å². The number of aromatic nitrogens is 1. The van der Waals surface area contributed by atoms with Crippen molar-refractivity contribution < 1.29 is 19.1 Å². The molecule has 0 spiro atoms. The number of rotatable bonds is 5. The average molecular weight is 636 g/mol. The van der Waals surface area contributed by atoms with E-state index in [1.165, 1.54) is 0 Å². The fourth-order valence-electron chi connectivity index (χ4n) is 6.34. The van der Waals surface area contributed by atoms with E-state index in [1.54, 1.807) is 40.1 Å². The molecule has 4 aromatic carbocycles. The van der Waals surface area contributed by atoms with Crippen LogP contribution >= 0.6 is 11.6 Å². The number of ether oxygens (including phenoxy) is 1. The third kappa shape index (κ3) is 5.57. The van der Waals surface area contributed by atoms with E-state index in [0.717, 1.165) is 45.9 Å². The fraction of sp³-hybridized carbons (Fsp3) is 0.250. The molecule has 0 bridgehead atoms. The van der Waals surface area contributed by atoms with Crippen LogP contribution in [0.2, 0.25) is 0 Å². The Morgan fingerprint density at radius 3 is 2.41 bits per heavy atom. The summed E-state index contributed by atoms with van der Waals surface area (Å²) in [7, 11) is 2.03. The zero-order valence-electron chi connectivity index (χ0n) is 25.7. The van der Waals surface area contributed by atoms with E-state index in [1.807, 2.05) is 62.5 Å². The second-order valence-electron chi connectivity index (χ2n) is 12.1. The number of anilines is 2. The van der Waals surface area contributed by atoms with Crippen LogP contribution in [-0.4, -0.2) is 78.3 Å². The monoisotopic (exact) mass is 635 g/mol. The fourth-order valence-corrected chi connectivity index (χ4v) is 6.59. The smallest absolute Gasteiger partial charge is 0.409 e. The molecule has 0 saturated carbocycles. The van der Waals surface area contributed by atoms with E-state index in [0.29, 0.717) is 53.9 Å². The van der Waals surface area contributed by atoms with Crippen molar-refractivity contribution in [3.63, 3.8) is 0 Å². The van der Waals surface area contributed by atoms with Crippen LogP contribution in [0.25, 0.3) is 21.7 Å². The lowest BCUT2D eigenvalue weighted by Gasteiger charge is -2.31. The van der Waals surface area contributed by atoms with Crippen molar-refractivity contribution in [1.82, 2.24) is 14.8 Å². The normalized spacial score (nSPS) is 16.5. The highest BCUT2D eigenvalue weighted by Gasteiger charge is 2.36. The van der Waals surface area contributed by atoms with Gasteiger partial charge in [-0.2, -0.15) is 0 Å². The van der Waals surface area contributed by atoms with Crippen molar-refractivity contribution in [3.05, 3.63) is 101 Å². The molecule has 5 aromatic rings. The summed E-state index contributed by atoms with van der Waals surface area (Å²) in [5, 5.41) is 5.45. The van der Waals surface area contributed by atoms with Gasteiger partial charge in [-0.3, -0.25) is 9.59 Å². The molecule has 1 saturated heterocycles. The quantitative estimate of drug-likeness (QED) is 0.212. The molecule has 46 heavy (non-hydrogen) atoms. The second kappa shape index (κ2) is 12.2. The lowest BCUT2D eigenvalue weighted by molar-refractivity contribution is 0.0983. The molecule has 10 heteroatoms. The van der Waals surface area contributed by atoms with E-state index in [2.05, 4.69) is 15.2 Å². The van der Waals surface area contributed by atoms with Crippen molar-refractivity contribution >= 4 is 62.6 Å². The standard InChI is InChI=1S/C36H34ClN5O4/c1-22-7-9-23(10-8-22)34(43)38-26-11-12-29-24(17-26)18-30(39-29)35(44)42-21-25(20-37)33-28-6-4-3-5-27(28)32(19-31(33)42)46-36(45)41-15-13-40(2)14-16-41/h3-12,17-19,25,39H,13-16,20-21H2,1-2H3,(H,38,43)/t25-/m1/s1. The van der Waals surface area contributed by atoms with Crippen LogP contribution in [-0.2, 0) is 0 Å². The van der Waals surface area contributed by atoms with Gasteiger partial charge in [0.05, 0.1) is 5.69 Å². The molecule has 2 aliphatic heterocycles. The predicted octanol–water partition coefficient (Wildman–Crippen LogP) is 6.61. The first-order chi connectivity index (χ1) is 22.3. The average Bonchev–Trinajstić information content (AvgIpc) is 3.66. The maximum absolute atomic E-state index is 14.1. The van der Waals surface area contributed by atoms with Gasteiger partial charge < -0.3 is 29.7 Å². The van der Waals surface area contributed by atoms with E-state index >= 15 is 0 Å². The number of aromatic amines is 1. The van der Waals surface area contributed by atoms with Gasteiger partial charge in [0.15, 0.2) is 0 Å². The third-order valence-electron chi connectivity index (χ3n) is 8.94. The second-order valence-corrected chi connectivity index (χ2v) is 12.4. The zero-order valence-corrected chi connectivity index (χ0v) is 26.4. The first-order valence-corrected chi connectivity index (χ1v) is 15.9. The molecule has 1 atom stereocenters. The Kier molecular flexibility index (Phi) is 7.88. The van der Waals surface area contributed by atoms with Gasteiger partial charge >= 0.3 is 6.09 Å². The van der Waals surface area contributed by atoms with Gasteiger partial charge in [-0.1, -0.05) is 42.0 Å². The summed E-state index contributed by atoms with van der Waals surface area (Å²) in [6.45, 7) is 5.12. The summed E-state index contributed by atoms with van der Waals surface area (Å²) >= 11 is 6.49. The molecular formula is C36H34ClN5O4. The van der Waals surface area contributed by atoms with Crippen molar-refractivity contribution in [3.8, 4) is 5.75 Å². The predicted molar refractivity (Wildman–Crippen MR) is 182 cm³/mol. The number of fused-ring (bicyclic) bond motifs is 4. The number of likely N-dealkylation sites (N-methyl/N-ethyl adjacent to an activating group) is 1. The summed E-state index contributed by atoms with van der Waals surface area (Å²) < 4.78 is 6.02. The van der Waals surface area contributed by atoms with Crippen LogP contribution in [0.15, 0.2) is 78.9 Å². The molecule has 0 radical (unpaired) electrons. The third-order valence-corrected chi connectivity index (χ3v) is 9.31. The molecule has 3 heterocycles. The minimum absolute atomic E-state index is 0.0964. The van der Waals surface area contributed by atoms with Crippen molar-refractivity contribution in [2.24, 2.45) is 0 Å². The Bertz CT molecular complexity index is 1980. The molecule has 0 unspecified atom stereocenters. The molecule has 1 aromatic heterocycles. The first-order valence-electron chi connectivity index (χ1n) is 15.4. The number of H-pyrrole nitrogens is 1. The topological polar surface area (TPSA) is 98.0 Å². The highest BCUT2D eigenvalue weighted by atomic mass is 35.5. The number of hydrogen-bond acceptors (Lipinski definition) is 5. The largest absolute Gasteiger partial charge is 0.415 e. The van der Waals surface area contributed by atoms with Gasteiger partial charge in [-0.25, -0.2) is 4.79 Å². The van der Waals surface area contributed by atoms with Crippen molar-refractivity contribution in [1.29, 1.82) is 0 Å². The Morgan fingerprint density at radius 2 is 1.67 bits per heavy atom. The lowest BCUT2D eigenvalue weighted by Crippen LogP contribution is -2.48. The molecule has 7 rings (SSSR count). The van der Waals surface area contributed by atoms with Gasteiger partial charge in [0.1, 0.15) is 11.4 Å². The number of halogens is 1. The van der Waals surface area contributed by atoms with Crippen LogP contribution in [0.3, 0.4) is 0 Å². The Balaban J connectivity index is 1.19. The van der Waals surface area contributed by atoms with E-state index in [9.17, 15) is 14.4 Å². The maximum Gasteiger partial charge on any atom is 0.415 e. The van der Waals surface area contributed by atoms with Crippen LogP contribution in [0.4, 0.5) is 16.2 Å². The Morgan fingerprint density at radius 1 is 0.935 bits per heavy atom. The first kappa shape index (κ1) is 29.8. The van der Waals surface area contributed by atoms with Gasteiger partial charge in [0, 0.05) is 78.1 Å². The Hall–Kier alpha value is -4.86. The maximum atomic E-state index is 14.1. The number of amides is 3. The van der Waals surface area contributed by atoms with E-state index < -0.39 is 6.09 Å². The van der Waals surface area contributed by atoms with Gasteiger partial charge in [0.2, 0.25) is 0 Å². The molecule has 234 valence electrons. The minimum atomic E-state index is -0.399. The van der Waals surface area contributed by atoms with Gasteiger partial charge in [-0.15, -0.1) is 11.6 Å². The summed E-state index contributed by atoms with van der Waals surface area (Å²) in [6.07, 6.45) is -0.399. The Labute approximate surface area is 271 Å². The molecule has 2 N–H and O–H groups in total. The summed E-state index contributed by atoms with van der Waals surface area (Å²) in [5.74, 6) is 0.223. The molecule has 2 aliphatic rings. The molecule has 3 amide bonds. The number of nitrogens with one attached hydrogen (secondary N) is 2. The van der Waals surface area contributed by atoms with E-state index in [-0.39, 0.29) is 17.7 Å². The molecule has 0 aliphatic carbocycles. The highest BCUT2D eigenvalue weighted by molar-refractivity contribution is 6.19. The number of benzene rings is 4. The van der Waals surface area contributed by atoms with E-state index in [4.69, 9.17) is 16.3 Å². The van der Waals surface area contributed by atoms with Gasteiger partial charge in [-0.05, 0) is 61.3 Å². The summed E-state index contributed by atoms with van der Waals surface area (Å²) in [5.41, 5.74) is 5.10. The summed E-state index contributed by atoms with van der Waals surface area (Å²) in [6, 6.07) is 24.3. The van der Waals surface area contributed by atoms with Crippen molar-refractivity contribution in [2.45, 2.75) is 12.8 Å². The van der Waals surface area contributed by atoms with Crippen LogP contribution in [0, 0.1) is 6.92 Å². The minimum Gasteiger partial charge on any atom is -0.409 e. The number of piperazine rings is 1. The van der Waals surface area contributed by atoms with Crippen LogP contribution in [0.1, 0.15) is 37.9 Å². The highest BCUT2D eigenvalue weighted by Crippen LogP contribution is 2.46. The molecule has 1 fully saturated rings. The zero-order chi connectivity index (χ0) is 31.9. The molecule has 9 nitrogen and oxygen atoms in total. The van der Waals surface area contributed by atoms with Crippen LogP contribution in [0.5, 0.6) is 5.75 Å². The number of aryl methyl sites for hydroxylation is 1. The number of carbonyl (C=O) groups is 3.